The molecule has 0 aliphatic rings. The van der Waals surface area contributed by atoms with E-state index in [0.29, 0.717) is 12.4 Å². The lowest BCUT2D eigenvalue weighted by atomic mass is 10.3. The summed E-state index contributed by atoms with van der Waals surface area (Å²) in [5.41, 5.74) is 0. The molecule has 0 spiro atoms. The predicted octanol–water partition coefficient (Wildman–Crippen LogP) is 2.16. The Bertz CT molecular complexity index is 336. The maximum Gasteiger partial charge on any atom is 0.336 e. The number of hydrogen-bond acceptors (Lipinski definition) is 3. The number of benzene rings is 1. The third-order valence-electron chi connectivity index (χ3n) is 1.86. The highest BCUT2D eigenvalue weighted by Crippen LogP contribution is 2.13. The lowest BCUT2D eigenvalue weighted by molar-refractivity contribution is -0.152. The number of ether oxygens (including phenoxy) is 2. The van der Waals surface area contributed by atoms with Crippen LogP contribution in [-0.4, -0.2) is 30.4 Å². The van der Waals surface area contributed by atoms with Gasteiger partial charge in [0.25, 0.3) is 0 Å². The van der Waals surface area contributed by atoms with Crippen LogP contribution in [0.1, 0.15) is 6.92 Å². The maximum atomic E-state index is 10.8. The van der Waals surface area contributed by atoms with E-state index in [1.54, 1.807) is 19.1 Å². The molecule has 1 N–H and O–H groups in total. The fourth-order valence-electron chi connectivity index (χ4n) is 1.09. The van der Waals surface area contributed by atoms with Gasteiger partial charge in [-0.1, -0.05) is 0 Å². The first-order valence-corrected chi connectivity index (χ1v) is 5.94. The second kappa shape index (κ2) is 6.70. The smallest absolute Gasteiger partial charge is 0.336 e. The van der Waals surface area contributed by atoms with Gasteiger partial charge in [-0.05, 0) is 53.8 Å². The highest BCUT2D eigenvalue weighted by atomic mass is 127. The van der Waals surface area contributed by atoms with Crippen molar-refractivity contribution < 1.29 is 19.4 Å². The molecule has 0 aromatic heterocycles. The number of rotatable bonds is 6. The summed E-state index contributed by atoms with van der Waals surface area (Å²) in [6.07, 6.45) is -0.913. The van der Waals surface area contributed by atoms with Crippen molar-refractivity contribution in [1.29, 1.82) is 0 Å². The summed E-state index contributed by atoms with van der Waals surface area (Å²) in [4.78, 5) is 10.8. The summed E-state index contributed by atoms with van der Waals surface area (Å²) in [5, 5.41) is 8.82. The van der Waals surface area contributed by atoms with Gasteiger partial charge in [0.05, 0.1) is 0 Å². The van der Waals surface area contributed by atoms with Crippen LogP contribution in [0.25, 0.3) is 0 Å². The van der Waals surface area contributed by atoms with Crippen molar-refractivity contribution in [2.45, 2.75) is 13.0 Å². The Kier molecular flexibility index (Phi) is 5.54. The van der Waals surface area contributed by atoms with E-state index in [1.165, 1.54) is 0 Å². The van der Waals surface area contributed by atoms with Gasteiger partial charge in [-0.2, -0.15) is 0 Å². The van der Waals surface area contributed by atoms with Crippen LogP contribution in [0.15, 0.2) is 24.3 Å². The molecule has 16 heavy (non-hydrogen) atoms. The molecular weight excluding hydrogens is 323 g/mol. The van der Waals surface area contributed by atoms with Crippen molar-refractivity contribution in [2.75, 3.05) is 13.2 Å². The molecule has 1 aromatic rings. The Hall–Kier alpha value is -0.820. The fraction of sp³-hybridized carbons (Fsp3) is 0.364. The van der Waals surface area contributed by atoms with Gasteiger partial charge in [-0.25, -0.2) is 4.79 Å². The highest BCUT2D eigenvalue weighted by molar-refractivity contribution is 14.1. The van der Waals surface area contributed by atoms with Gasteiger partial charge in [-0.3, -0.25) is 0 Å². The van der Waals surface area contributed by atoms with Crippen molar-refractivity contribution in [3.05, 3.63) is 27.8 Å². The molecule has 0 aliphatic heterocycles. The Morgan fingerprint density at radius 1 is 1.44 bits per heavy atom. The van der Waals surface area contributed by atoms with Crippen molar-refractivity contribution in [3.8, 4) is 5.75 Å². The first-order valence-electron chi connectivity index (χ1n) is 4.86. The van der Waals surface area contributed by atoms with Crippen LogP contribution in [0.4, 0.5) is 0 Å². The summed E-state index contributed by atoms with van der Waals surface area (Å²) >= 11 is 2.19. The Morgan fingerprint density at radius 3 is 2.56 bits per heavy atom. The standard InChI is InChI=1S/C11H13IO4/c1-2-15-10(11(13)14)7-16-9-5-3-8(12)4-6-9/h3-6,10H,2,7H2,1H3,(H,13,14). The van der Waals surface area contributed by atoms with Gasteiger partial charge < -0.3 is 14.6 Å². The lowest BCUT2D eigenvalue weighted by Crippen LogP contribution is -2.30. The normalized spacial score (nSPS) is 12.1. The van der Waals surface area contributed by atoms with Gasteiger partial charge in [0, 0.05) is 10.2 Å². The molecule has 0 heterocycles. The minimum absolute atomic E-state index is 0.0176. The van der Waals surface area contributed by atoms with E-state index in [0.717, 1.165) is 3.57 Å². The predicted molar refractivity (Wildman–Crippen MR) is 67.7 cm³/mol. The summed E-state index contributed by atoms with van der Waals surface area (Å²) in [6.45, 7) is 2.12. The molecule has 0 saturated heterocycles. The SMILES string of the molecule is CCOC(COc1ccc(I)cc1)C(=O)O. The molecule has 0 saturated carbocycles. The summed E-state index contributed by atoms with van der Waals surface area (Å²) < 4.78 is 11.5. The van der Waals surface area contributed by atoms with Crippen LogP contribution < -0.4 is 4.74 Å². The highest BCUT2D eigenvalue weighted by Gasteiger charge is 2.17. The molecule has 0 amide bonds. The topological polar surface area (TPSA) is 55.8 Å². The van der Waals surface area contributed by atoms with E-state index >= 15 is 0 Å². The minimum atomic E-state index is -1.01. The molecule has 0 bridgehead atoms. The monoisotopic (exact) mass is 336 g/mol. The number of hydrogen-bond donors (Lipinski definition) is 1. The van der Waals surface area contributed by atoms with E-state index < -0.39 is 12.1 Å². The second-order valence-electron chi connectivity index (χ2n) is 3.05. The zero-order valence-corrected chi connectivity index (χ0v) is 11.0. The van der Waals surface area contributed by atoms with Gasteiger partial charge in [-0.15, -0.1) is 0 Å². The molecule has 4 nitrogen and oxygen atoms in total. The van der Waals surface area contributed by atoms with E-state index in [9.17, 15) is 4.79 Å². The van der Waals surface area contributed by atoms with Crippen LogP contribution >= 0.6 is 22.6 Å². The van der Waals surface area contributed by atoms with Gasteiger partial charge in [0.1, 0.15) is 12.4 Å². The van der Waals surface area contributed by atoms with Crippen molar-refractivity contribution in [2.24, 2.45) is 0 Å². The Balaban J connectivity index is 2.48. The third kappa shape index (κ3) is 4.36. The van der Waals surface area contributed by atoms with Gasteiger partial charge >= 0.3 is 5.97 Å². The molecular formula is C11H13IO4. The van der Waals surface area contributed by atoms with E-state index in [1.807, 2.05) is 12.1 Å². The molecule has 1 unspecified atom stereocenters. The van der Waals surface area contributed by atoms with Crippen LogP contribution in [0.5, 0.6) is 5.75 Å². The first kappa shape index (κ1) is 13.2. The molecule has 1 aromatic carbocycles. The maximum absolute atomic E-state index is 10.8. The molecule has 88 valence electrons. The Morgan fingerprint density at radius 2 is 2.06 bits per heavy atom. The number of carboxylic acid groups (broad SMARTS) is 1. The molecule has 0 aliphatic carbocycles. The fourth-order valence-corrected chi connectivity index (χ4v) is 1.45. The molecule has 0 fully saturated rings. The van der Waals surface area contributed by atoms with Crippen LogP contribution in [0.2, 0.25) is 0 Å². The van der Waals surface area contributed by atoms with Crippen molar-refractivity contribution in [3.63, 3.8) is 0 Å². The first-order chi connectivity index (χ1) is 7.63. The number of carboxylic acids is 1. The molecule has 0 radical (unpaired) electrons. The van der Waals surface area contributed by atoms with Crippen molar-refractivity contribution in [1.82, 2.24) is 0 Å². The van der Waals surface area contributed by atoms with Crippen LogP contribution in [-0.2, 0) is 9.53 Å². The van der Waals surface area contributed by atoms with E-state index in [4.69, 9.17) is 14.6 Å². The van der Waals surface area contributed by atoms with E-state index in [2.05, 4.69) is 22.6 Å². The molecule has 5 heteroatoms. The average Bonchev–Trinajstić information content (AvgIpc) is 2.26. The van der Waals surface area contributed by atoms with Gasteiger partial charge in [0.2, 0.25) is 0 Å². The second-order valence-corrected chi connectivity index (χ2v) is 4.29. The Labute approximate surface area is 108 Å². The quantitative estimate of drug-likeness (QED) is 0.809. The summed E-state index contributed by atoms with van der Waals surface area (Å²) in [5.74, 6) is -0.362. The molecule has 1 atom stereocenters. The number of halogens is 1. The third-order valence-corrected chi connectivity index (χ3v) is 2.58. The van der Waals surface area contributed by atoms with Crippen LogP contribution in [0, 0.1) is 3.57 Å². The molecule has 1 rings (SSSR count). The lowest BCUT2D eigenvalue weighted by Gasteiger charge is -2.13. The zero-order chi connectivity index (χ0) is 12.0. The van der Waals surface area contributed by atoms with E-state index in [-0.39, 0.29) is 6.61 Å². The summed E-state index contributed by atoms with van der Waals surface area (Å²) in [7, 11) is 0. The average molecular weight is 336 g/mol. The van der Waals surface area contributed by atoms with Crippen LogP contribution in [0.3, 0.4) is 0 Å². The van der Waals surface area contributed by atoms with Gasteiger partial charge in [0.15, 0.2) is 6.10 Å². The van der Waals surface area contributed by atoms with Crippen molar-refractivity contribution >= 4 is 28.6 Å². The minimum Gasteiger partial charge on any atom is -0.490 e. The number of carbonyl (C=O) groups is 1. The zero-order valence-electron chi connectivity index (χ0n) is 8.85. The largest absolute Gasteiger partial charge is 0.490 e. The number of aliphatic carboxylic acids is 1. The summed E-state index contributed by atoms with van der Waals surface area (Å²) in [6, 6.07) is 7.39.